The Morgan fingerprint density at radius 1 is 1.35 bits per heavy atom. The minimum atomic E-state index is -0.584. The summed E-state index contributed by atoms with van der Waals surface area (Å²) in [6, 6.07) is 10.1. The molecular weight excluding hydrogens is 306 g/mol. The minimum absolute atomic E-state index is 0.0469. The molecule has 4 heteroatoms. The molecule has 1 saturated heterocycles. The lowest BCUT2D eigenvalue weighted by atomic mass is 9.97. The zero-order valence-electron chi connectivity index (χ0n) is 14.8. The number of amides is 1. The molecule has 1 atom stereocenters. The summed E-state index contributed by atoms with van der Waals surface area (Å²) in [5, 5.41) is 0.0469. The van der Waals surface area contributed by atoms with Gasteiger partial charge in [0, 0.05) is 0 Å². The Balaban J connectivity index is 2.30. The van der Waals surface area contributed by atoms with Crippen molar-refractivity contribution in [3.05, 3.63) is 48.6 Å². The van der Waals surface area contributed by atoms with Crippen molar-refractivity contribution in [3.63, 3.8) is 0 Å². The van der Waals surface area contributed by atoms with Crippen molar-refractivity contribution in [1.82, 2.24) is 4.90 Å². The molecule has 0 saturated carbocycles. The summed E-state index contributed by atoms with van der Waals surface area (Å²) in [7, 11) is 0. The Labute approximate surface area is 144 Å². The van der Waals surface area contributed by atoms with Crippen LogP contribution in [0.3, 0.4) is 0 Å². The van der Waals surface area contributed by atoms with Crippen molar-refractivity contribution < 1.29 is 9.53 Å². The van der Waals surface area contributed by atoms with Gasteiger partial charge in [0.25, 0.3) is 5.24 Å². The van der Waals surface area contributed by atoms with E-state index in [1.54, 1.807) is 0 Å². The van der Waals surface area contributed by atoms with Crippen LogP contribution in [0, 0.1) is 0 Å². The van der Waals surface area contributed by atoms with Gasteiger partial charge in [-0.3, -0.25) is 9.69 Å². The quantitative estimate of drug-likeness (QED) is 0.711. The molecule has 126 valence electrons. The van der Waals surface area contributed by atoms with Gasteiger partial charge < -0.3 is 4.74 Å². The highest BCUT2D eigenvalue weighted by Gasteiger charge is 2.50. The smallest absolute Gasteiger partial charge is 0.285 e. The number of thioether (sulfide) groups is 1. The molecule has 1 aromatic carbocycles. The molecular formula is C19H27NO2S. The fraction of sp³-hybridized carbons (Fsp3) is 0.526. The van der Waals surface area contributed by atoms with E-state index >= 15 is 0 Å². The Morgan fingerprint density at radius 2 is 1.96 bits per heavy atom. The molecule has 1 aliphatic heterocycles. The Morgan fingerprint density at radius 3 is 2.43 bits per heavy atom. The normalized spacial score (nSPS) is 21.7. The van der Waals surface area contributed by atoms with Crippen molar-refractivity contribution in [2.75, 3.05) is 6.61 Å². The summed E-state index contributed by atoms with van der Waals surface area (Å²) in [5.41, 5.74) is 0.243. The third-order valence-electron chi connectivity index (χ3n) is 4.34. The average molecular weight is 333 g/mol. The van der Waals surface area contributed by atoms with Crippen LogP contribution in [-0.2, 0) is 9.48 Å². The maximum Gasteiger partial charge on any atom is 0.285 e. The first-order valence-electron chi connectivity index (χ1n) is 7.96. The predicted octanol–water partition coefficient (Wildman–Crippen LogP) is 5.18. The Hall–Kier alpha value is -1.26. The van der Waals surface area contributed by atoms with Crippen molar-refractivity contribution in [2.24, 2.45) is 0 Å². The number of nitrogens with zero attached hydrogens (tertiary/aromatic N) is 1. The van der Waals surface area contributed by atoms with Gasteiger partial charge in [-0.15, -0.1) is 6.58 Å². The number of hydrogen-bond donors (Lipinski definition) is 0. The predicted molar refractivity (Wildman–Crippen MR) is 97.5 cm³/mol. The lowest BCUT2D eigenvalue weighted by molar-refractivity contribution is -0.0298. The fourth-order valence-electron chi connectivity index (χ4n) is 3.20. The van der Waals surface area contributed by atoms with E-state index in [2.05, 4.69) is 25.6 Å². The zero-order valence-corrected chi connectivity index (χ0v) is 15.6. The average Bonchev–Trinajstić information content (AvgIpc) is 2.68. The van der Waals surface area contributed by atoms with Gasteiger partial charge in [-0.25, -0.2) is 0 Å². The number of carbonyl (C=O) groups is 1. The summed E-state index contributed by atoms with van der Waals surface area (Å²) in [4.78, 5) is 15.0. The van der Waals surface area contributed by atoms with Crippen molar-refractivity contribution in [1.29, 1.82) is 0 Å². The topological polar surface area (TPSA) is 29.5 Å². The van der Waals surface area contributed by atoms with Crippen LogP contribution in [0.2, 0.25) is 0 Å². The van der Waals surface area contributed by atoms with Crippen LogP contribution in [0.4, 0.5) is 4.79 Å². The van der Waals surface area contributed by atoms with Crippen LogP contribution < -0.4 is 0 Å². The molecule has 2 rings (SSSR count). The molecule has 1 fully saturated rings. The fourth-order valence-corrected chi connectivity index (χ4v) is 4.60. The molecule has 1 aromatic rings. The van der Waals surface area contributed by atoms with E-state index in [4.69, 9.17) is 4.74 Å². The summed E-state index contributed by atoms with van der Waals surface area (Å²) in [6.07, 6.45) is 2.60. The molecule has 23 heavy (non-hydrogen) atoms. The van der Waals surface area contributed by atoms with Crippen LogP contribution in [0.15, 0.2) is 43.0 Å². The molecule has 1 heterocycles. The van der Waals surface area contributed by atoms with Crippen molar-refractivity contribution >= 4 is 17.0 Å². The Kier molecular flexibility index (Phi) is 4.97. The summed E-state index contributed by atoms with van der Waals surface area (Å²) < 4.78 is 5.50. The maximum absolute atomic E-state index is 13.1. The van der Waals surface area contributed by atoms with Gasteiger partial charge in [0.1, 0.15) is 5.72 Å². The zero-order chi connectivity index (χ0) is 17.3. The first-order chi connectivity index (χ1) is 10.6. The lowest BCUT2D eigenvalue weighted by Crippen LogP contribution is -2.51. The SMILES string of the molecule is C=CC[C@](C)(SC(=O)N1C(C)(C)COC1(C)C)c1ccccc1. The number of rotatable bonds is 4. The second-order valence-corrected chi connectivity index (χ2v) is 8.80. The molecule has 0 spiro atoms. The molecule has 0 aliphatic carbocycles. The second-order valence-electron chi connectivity index (χ2n) is 7.34. The van der Waals surface area contributed by atoms with E-state index < -0.39 is 5.72 Å². The molecule has 0 radical (unpaired) electrons. The van der Waals surface area contributed by atoms with Crippen molar-refractivity contribution in [2.45, 2.75) is 57.1 Å². The highest BCUT2D eigenvalue weighted by Crippen LogP contribution is 2.45. The van der Waals surface area contributed by atoms with Crippen LogP contribution in [0.1, 0.15) is 46.6 Å². The number of hydrogen-bond acceptors (Lipinski definition) is 3. The maximum atomic E-state index is 13.1. The Bertz CT molecular complexity index is 566. The van der Waals surface area contributed by atoms with E-state index in [0.717, 1.165) is 12.0 Å². The first-order valence-corrected chi connectivity index (χ1v) is 8.78. The molecule has 0 unspecified atom stereocenters. The van der Waals surface area contributed by atoms with Crippen LogP contribution in [-0.4, -0.2) is 28.0 Å². The van der Waals surface area contributed by atoms with Gasteiger partial charge in [0.05, 0.1) is 16.9 Å². The number of benzene rings is 1. The number of carbonyl (C=O) groups excluding carboxylic acids is 1. The third-order valence-corrected chi connectivity index (χ3v) is 5.55. The first kappa shape index (κ1) is 18.1. The van der Waals surface area contributed by atoms with E-state index in [0.29, 0.717) is 6.61 Å². The highest BCUT2D eigenvalue weighted by atomic mass is 32.2. The number of allylic oxidation sites excluding steroid dienone is 1. The van der Waals surface area contributed by atoms with Gasteiger partial charge >= 0.3 is 0 Å². The van der Waals surface area contributed by atoms with E-state index in [9.17, 15) is 4.79 Å². The van der Waals surface area contributed by atoms with Crippen LogP contribution >= 0.6 is 11.8 Å². The largest absolute Gasteiger partial charge is 0.354 e. The van der Waals surface area contributed by atoms with Crippen LogP contribution in [0.5, 0.6) is 0 Å². The molecule has 0 bridgehead atoms. The minimum Gasteiger partial charge on any atom is -0.354 e. The number of ether oxygens (including phenoxy) is 1. The summed E-state index contributed by atoms with van der Waals surface area (Å²) >= 11 is 1.36. The lowest BCUT2D eigenvalue weighted by Gasteiger charge is -2.40. The molecule has 1 aliphatic rings. The van der Waals surface area contributed by atoms with Gasteiger partial charge in [-0.1, -0.05) is 48.2 Å². The molecule has 0 aromatic heterocycles. The van der Waals surface area contributed by atoms with Crippen LogP contribution in [0.25, 0.3) is 0 Å². The molecule has 0 N–H and O–H groups in total. The van der Waals surface area contributed by atoms with Gasteiger partial charge in [0.2, 0.25) is 0 Å². The molecule has 1 amide bonds. The highest BCUT2D eigenvalue weighted by molar-refractivity contribution is 8.14. The van der Waals surface area contributed by atoms with E-state index in [1.807, 2.05) is 56.9 Å². The van der Waals surface area contributed by atoms with Gasteiger partial charge in [-0.2, -0.15) is 0 Å². The summed E-state index contributed by atoms with van der Waals surface area (Å²) in [6.45, 7) is 14.5. The van der Waals surface area contributed by atoms with E-state index in [1.165, 1.54) is 11.8 Å². The van der Waals surface area contributed by atoms with E-state index in [-0.39, 0.29) is 15.5 Å². The third kappa shape index (κ3) is 3.64. The standard InChI is InChI=1S/C19H27NO2S/c1-7-13-19(6,15-11-9-8-10-12-15)23-16(21)20-17(2,3)14-22-18(20,4)5/h7-12H,1,13-14H2,2-6H3/t19-/m0/s1. The van der Waals surface area contributed by atoms with Crippen molar-refractivity contribution in [3.8, 4) is 0 Å². The second kappa shape index (κ2) is 6.33. The molecule has 3 nitrogen and oxygen atoms in total. The monoisotopic (exact) mass is 333 g/mol. The van der Waals surface area contributed by atoms with Gasteiger partial charge in [0.15, 0.2) is 0 Å². The van der Waals surface area contributed by atoms with Gasteiger partial charge in [-0.05, 0) is 46.6 Å². The summed E-state index contributed by atoms with van der Waals surface area (Å²) in [5.74, 6) is 0.